The molecule has 0 heterocycles. The van der Waals surface area contributed by atoms with E-state index in [-0.39, 0.29) is 10.5 Å². The molecule has 0 amide bonds. The molecular weight excluding hydrogens is 355 g/mol. The zero-order chi connectivity index (χ0) is 17.2. The predicted octanol–water partition coefficient (Wildman–Crippen LogP) is 4.25. The standard InChI is InChI=1S/C16H14Cl2N2O2S/c1-11(14-8-7-13(17)9-15(14)18)20(2)23(21,22)16-6-4-3-5-12(16)10-19/h3-9,11H,1-2H3/t11-/m1/s1. The van der Waals surface area contributed by atoms with Crippen molar-refractivity contribution >= 4 is 33.2 Å². The number of rotatable bonds is 4. The average Bonchev–Trinajstić information content (AvgIpc) is 2.53. The molecule has 0 spiro atoms. The molecule has 2 rings (SSSR count). The molecular formula is C16H14Cl2N2O2S. The van der Waals surface area contributed by atoms with E-state index in [2.05, 4.69) is 0 Å². The smallest absolute Gasteiger partial charge is 0.207 e. The molecule has 120 valence electrons. The first-order valence-electron chi connectivity index (χ1n) is 6.71. The second kappa shape index (κ2) is 6.90. The Bertz CT molecular complexity index is 876. The van der Waals surface area contributed by atoms with Gasteiger partial charge in [-0.25, -0.2) is 8.42 Å². The van der Waals surface area contributed by atoms with E-state index >= 15 is 0 Å². The van der Waals surface area contributed by atoms with Crippen molar-refractivity contribution in [1.29, 1.82) is 5.26 Å². The lowest BCUT2D eigenvalue weighted by molar-refractivity contribution is 0.398. The molecule has 4 nitrogen and oxygen atoms in total. The van der Waals surface area contributed by atoms with Crippen LogP contribution in [0.2, 0.25) is 10.0 Å². The number of sulfonamides is 1. The predicted molar refractivity (Wildman–Crippen MR) is 91.0 cm³/mol. The van der Waals surface area contributed by atoms with E-state index in [1.165, 1.54) is 23.5 Å². The van der Waals surface area contributed by atoms with Gasteiger partial charge in [0.25, 0.3) is 0 Å². The molecule has 2 aromatic rings. The van der Waals surface area contributed by atoms with Crippen LogP contribution in [0.25, 0.3) is 0 Å². The van der Waals surface area contributed by atoms with Gasteiger partial charge in [-0.3, -0.25) is 0 Å². The van der Waals surface area contributed by atoms with Gasteiger partial charge in [0.15, 0.2) is 0 Å². The molecule has 0 aliphatic carbocycles. The average molecular weight is 369 g/mol. The van der Waals surface area contributed by atoms with Crippen molar-refractivity contribution in [3.8, 4) is 6.07 Å². The molecule has 0 radical (unpaired) electrons. The summed E-state index contributed by atoms with van der Waals surface area (Å²) in [4.78, 5) is -0.0260. The molecule has 0 N–H and O–H groups in total. The number of nitriles is 1. The first kappa shape index (κ1) is 17.8. The highest BCUT2D eigenvalue weighted by molar-refractivity contribution is 7.89. The first-order chi connectivity index (χ1) is 10.8. The van der Waals surface area contributed by atoms with Gasteiger partial charge in [-0.2, -0.15) is 9.57 Å². The van der Waals surface area contributed by atoms with E-state index in [1.54, 1.807) is 37.3 Å². The Kier molecular flexibility index (Phi) is 5.33. The van der Waals surface area contributed by atoms with Crippen LogP contribution < -0.4 is 0 Å². The lowest BCUT2D eigenvalue weighted by Crippen LogP contribution is -2.30. The van der Waals surface area contributed by atoms with Gasteiger partial charge < -0.3 is 0 Å². The van der Waals surface area contributed by atoms with Crippen LogP contribution in [-0.4, -0.2) is 19.8 Å². The molecule has 1 atom stereocenters. The number of hydrogen-bond donors (Lipinski definition) is 0. The molecule has 0 aromatic heterocycles. The topological polar surface area (TPSA) is 61.2 Å². The SMILES string of the molecule is C[C@H](c1ccc(Cl)cc1Cl)N(C)S(=O)(=O)c1ccccc1C#N. The van der Waals surface area contributed by atoms with Gasteiger partial charge in [0.2, 0.25) is 10.0 Å². The van der Waals surface area contributed by atoms with E-state index in [0.29, 0.717) is 15.6 Å². The lowest BCUT2D eigenvalue weighted by Gasteiger charge is -2.25. The van der Waals surface area contributed by atoms with Gasteiger partial charge in [-0.15, -0.1) is 0 Å². The second-order valence-electron chi connectivity index (χ2n) is 4.97. The third kappa shape index (κ3) is 3.51. The third-order valence-electron chi connectivity index (χ3n) is 3.62. The molecule has 7 heteroatoms. The summed E-state index contributed by atoms with van der Waals surface area (Å²) >= 11 is 12.0. The number of nitrogens with zero attached hydrogens (tertiary/aromatic N) is 2. The van der Waals surface area contributed by atoms with Crippen molar-refractivity contribution in [2.24, 2.45) is 0 Å². The van der Waals surface area contributed by atoms with Gasteiger partial charge in [0, 0.05) is 23.1 Å². The van der Waals surface area contributed by atoms with Crippen LogP contribution >= 0.6 is 23.2 Å². The maximum absolute atomic E-state index is 12.8. The maximum atomic E-state index is 12.8. The van der Waals surface area contributed by atoms with Crippen LogP contribution in [0.3, 0.4) is 0 Å². The van der Waals surface area contributed by atoms with E-state index in [0.717, 1.165) is 0 Å². The molecule has 0 saturated carbocycles. The maximum Gasteiger partial charge on any atom is 0.244 e. The van der Waals surface area contributed by atoms with Crippen molar-refractivity contribution in [3.05, 3.63) is 63.6 Å². The Morgan fingerprint density at radius 3 is 2.43 bits per heavy atom. The Labute approximate surface area is 145 Å². The fourth-order valence-electron chi connectivity index (χ4n) is 2.18. The summed E-state index contributed by atoms with van der Waals surface area (Å²) in [6.45, 7) is 1.72. The van der Waals surface area contributed by atoms with Crippen molar-refractivity contribution in [2.45, 2.75) is 17.9 Å². The molecule has 0 bridgehead atoms. The van der Waals surface area contributed by atoms with E-state index in [9.17, 15) is 8.42 Å². The first-order valence-corrected chi connectivity index (χ1v) is 8.90. The van der Waals surface area contributed by atoms with Crippen molar-refractivity contribution in [3.63, 3.8) is 0 Å². The number of halogens is 2. The summed E-state index contributed by atoms with van der Waals surface area (Å²) in [6, 6.07) is 12.4. The monoisotopic (exact) mass is 368 g/mol. The van der Waals surface area contributed by atoms with Crippen molar-refractivity contribution in [2.75, 3.05) is 7.05 Å². The van der Waals surface area contributed by atoms with Gasteiger partial charge in [-0.05, 0) is 36.8 Å². The summed E-state index contributed by atoms with van der Waals surface area (Å²) in [7, 11) is -2.38. The summed E-state index contributed by atoms with van der Waals surface area (Å²) in [6.07, 6.45) is 0. The summed E-state index contributed by atoms with van der Waals surface area (Å²) in [5, 5.41) is 9.99. The van der Waals surface area contributed by atoms with Gasteiger partial charge in [0.1, 0.15) is 6.07 Å². The molecule has 0 saturated heterocycles. The fourth-order valence-corrected chi connectivity index (χ4v) is 4.23. The highest BCUT2D eigenvalue weighted by Gasteiger charge is 2.29. The summed E-state index contributed by atoms with van der Waals surface area (Å²) < 4.78 is 26.8. The van der Waals surface area contributed by atoms with Crippen LogP contribution in [-0.2, 0) is 10.0 Å². The third-order valence-corrected chi connectivity index (χ3v) is 6.17. The quantitative estimate of drug-likeness (QED) is 0.810. The minimum atomic E-state index is -3.84. The van der Waals surface area contributed by atoms with Crippen LogP contribution in [0.15, 0.2) is 47.4 Å². The Morgan fingerprint density at radius 1 is 1.17 bits per heavy atom. The largest absolute Gasteiger partial charge is 0.244 e. The Balaban J connectivity index is 2.46. The molecule has 0 fully saturated rings. The lowest BCUT2D eigenvalue weighted by atomic mass is 10.1. The normalized spacial score (nSPS) is 12.9. The minimum absolute atomic E-state index is 0.0260. The minimum Gasteiger partial charge on any atom is -0.207 e. The second-order valence-corrected chi connectivity index (χ2v) is 7.78. The Morgan fingerprint density at radius 2 is 1.83 bits per heavy atom. The zero-order valence-electron chi connectivity index (χ0n) is 12.5. The number of benzene rings is 2. The van der Waals surface area contributed by atoms with E-state index in [1.807, 2.05) is 6.07 Å². The van der Waals surface area contributed by atoms with Crippen LogP contribution in [0, 0.1) is 11.3 Å². The molecule has 0 unspecified atom stereocenters. The van der Waals surface area contributed by atoms with Gasteiger partial charge in [0.05, 0.1) is 10.5 Å². The van der Waals surface area contributed by atoms with E-state index < -0.39 is 16.1 Å². The van der Waals surface area contributed by atoms with Crippen molar-refractivity contribution in [1.82, 2.24) is 4.31 Å². The van der Waals surface area contributed by atoms with Crippen molar-refractivity contribution < 1.29 is 8.42 Å². The zero-order valence-corrected chi connectivity index (χ0v) is 14.8. The Hall–Kier alpha value is -1.58. The van der Waals surface area contributed by atoms with Crippen LogP contribution in [0.4, 0.5) is 0 Å². The molecule has 0 aliphatic rings. The molecule has 0 aliphatic heterocycles. The van der Waals surface area contributed by atoms with Gasteiger partial charge in [-0.1, -0.05) is 41.4 Å². The van der Waals surface area contributed by atoms with Crippen LogP contribution in [0.1, 0.15) is 24.1 Å². The molecule has 23 heavy (non-hydrogen) atoms. The summed E-state index contributed by atoms with van der Waals surface area (Å²) in [5.74, 6) is 0. The molecule has 2 aromatic carbocycles. The summed E-state index contributed by atoms with van der Waals surface area (Å²) in [5.41, 5.74) is 0.741. The number of hydrogen-bond acceptors (Lipinski definition) is 3. The highest BCUT2D eigenvalue weighted by atomic mass is 35.5. The fraction of sp³-hybridized carbons (Fsp3) is 0.188. The van der Waals surface area contributed by atoms with Crippen LogP contribution in [0.5, 0.6) is 0 Å². The van der Waals surface area contributed by atoms with E-state index in [4.69, 9.17) is 28.5 Å². The van der Waals surface area contributed by atoms with Gasteiger partial charge >= 0.3 is 0 Å². The highest BCUT2D eigenvalue weighted by Crippen LogP contribution is 2.32.